The van der Waals surface area contributed by atoms with Crippen molar-refractivity contribution in [3.05, 3.63) is 255 Å². The van der Waals surface area contributed by atoms with Gasteiger partial charge >= 0.3 is 0 Å². The Hall–Kier alpha value is -8.20. The SMILES string of the molecule is c1ccc(-c2ccc(-c3ccc(N(c4ccc(-c5cc(-c6ccccc6)ccc5-n5c6ccccc6c6ccccc65)cc4)c4ccccc4-c4ccccc4)cc3)cc2)cc1. The normalized spacial score (nSPS) is 11.2. The average molecular weight is 791 g/mol. The van der Waals surface area contributed by atoms with Crippen molar-refractivity contribution < 1.29 is 0 Å². The van der Waals surface area contributed by atoms with Gasteiger partial charge in [-0.2, -0.15) is 0 Å². The lowest BCUT2D eigenvalue weighted by atomic mass is 9.96. The summed E-state index contributed by atoms with van der Waals surface area (Å²) < 4.78 is 2.43. The number of anilines is 3. The molecule has 0 aliphatic heterocycles. The molecule has 0 amide bonds. The lowest BCUT2D eigenvalue weighted by molar-refractivity contribution is 1.18. The first-order chi connectivity index (χ1) is 30.8. The summed E-state index contributed by atoms with van der Waals surface area (Å²) in [5.41, 5.74) is 18.6. The average Bonchev–Trinajstić information content (AvgIpc) is 3.69. The summed E-state index contributed by atoms with van der Waals surface area (Å²) in [6.45, 7) is 0. The Balaban J connectivity index is 1.04. The van der Waals surface area contributed by atoms with E-state index in [1.165, 1.54) is 71.9 Å². The molecule has 11 rings (SSSR count). The zero-order chi connectivity index (χ0) is 41.2. The molecule has 0 atom stereocenters. The van der Waals surface area contributed by atoms with E-state index < -0.39 is 0 Å². The summed E-state index contributed by atoms with van der Waals surface area (Å²) in [4.78, 5) is 2.39. The van der Waals surface area contributed by atoms with Crippen LogP contribution in [0.2, 0.25) is 0 Å². The van der Waals surface area contributed by atoms with Gasteiger partial charge in [-0.3, -0.25) is 0 Å². The number of para-hydroxylation sites is 3. The molecule has 0 saturated heterocycles. The number of aromatic nitrogens is 1. The standard InChI is InChI=1S/C60H42N2/c1-4-16-43(17-5-1)45-28-30-46(31-29-45)47-32-37-51(38-33-47)61(57-25-13-10-22-53(57)48-20-8-3-9-21-48)52-39-34-49(35-40-52)56-42-50(44-18-6-2-7-19-44)36-41-60(56)62-58-26-14-11-23-54(58)55-24-12-15-27-59(55)62/h1-42H. The molecule has 0 bridgehead atoms. The van der Waals surface area contributed by atoms with E-state index in [-0.39, 0.29) is 0 Å². The van der Waals surface area contributed by atoms with Crippen molar-refractivity contribution in [2.24, 2.45) is 0 Å². The van der Waals surface area contributed by atoms with E-state index in [2.05, 4.69) is 264 Å². The van der Waals surface area contributed by atoms with Gasteiger partial charge in [-0.05, 0) is 99.1 Å². The van der Waals surface area contributed by atoms with Gasteiger partial charge in [0, 0.05) is 33.3 Å². The van der Waals surface area contributed by atoms with E-state index in [0.29, 0.717) is 0 Å². The molecule has 62 heavy (non-hydrogen) atoms. The zero-order valence-electron chi connectivity index (χ0n) is 34.1. The second kappa shape index (κ2) is 16.1. The van der Waals surface area contributed by atoms with Crippen LogP contribution < -0.4 is 4.90 Å². The van der Waals surface area contributed by atoms with Crippen LogP contribution in [0.25, 0.3) is 83.1 Å². The van der Waals surface area contributed by atoms with Gasteiger partial charge in [0.25, 0.3) is 0 Å². The predicted octanol–water partition coefficient (Wildman–Crippen LogP) is 16.6. The third-order valence-electron chi connectivity index (χ3n) is 12.0. The highest BCUT2D eigenvalue weighted by Gasteiger charge is 2.20. The minimum atomic E-state index is 1.08. The van der Waals surface area contributed by atoms with Crippen molar-refractivity contribution in [2.75, 3.05) is 4.90 Å². The highest BCUT2D eigenvalue weighted by Crippen LogP contribution is 2.43. The Labute approximate surface area is 362 Å². The fourth-order valence-electron chi connectivity index (χ4n) is 8.99. The van der Waals surface area contributed by atoms with Crippen LogP contribution in [0.3, 0.4) is 0 Å². The molecule has 0 spiro atoms. The summed E-state index contributed by atoms with van der Waals surface area (Å²) in [5, 5.41) is 2.50. The van der Waals surface area contributed by atoms with Crippen molar-refractivity contribution in [3.8, 4) is 61.3 Å². The van der Waals surface area contributed by atoms with Gasteiger partial charge in [0.05, 0.1) is 22.4 Å². The van der Waals surface area contributed by atoms with Crippen LogP contribution in [0, 0.1) is 0 Å². The van der Waals surface area contributed by atoms with Gasteiger partial charge in [0.1, 0.15) is 0 Å². The largest absolute Gasteiger partial charge is 0.310 e. The van der Waals surface area contributed by atoms with Crippen molar-refractivity contribution in [1.82, 2.24) is 4.57 Å². The van der Waals surface area contributed by atoms with Gasteiger partial charge in [0.2, 0.25) is 0 Å². The lowest BCUT2D eigenvalue weighted by Crippen LogP contribution is -2.11. The highest BCUT2D eigenvalue weighted by molar-refractivity contribution is 6.10. The van der Waals surface area contributed by atoms with Gasteiger partial charge in [-0.15, -0.1) is 0 Å². The quantitative estimate of drug-likeness (QED) is 0.141. The summed E-state index contributed by atoms with van der Waals surface area (Å²) >= 11 is 0. The van der Waals surface area contributed by atoms with E-state index in [1.54, 1.807) is 0 Å². The number of nitrogens with zero attached hydrogens (tertiary/aromatic N) is 2. The first-order valence-electron chi connectivity index (χ1n) is 21.3. The molecule has 0 N–H and O–H groups in total. The van der Waals surface area contributed by atoms with E-state index in [4.69, 9.17) is 0 Å². The van der Waals surface area contributed by atoms with E-state index in [1.807, 2.05) is 0 Å². The molecular weight excluding hydrogens is 749 g/mol. The zero-order valence-corrected chi connectivity index (χ0v) is 34.1. The Bertz CT molecular complexity index is 3240. The third-order valence-corrected chi connectivity index (χ3v) is 12.0. The topological polar surface area (TPSA) is 8.17 Å². The highest BCUT2D eigenvalue weighted by atomic mass is 15.1. The molecular formula is C60H42N2. The van der Waals surface area contributed by atoms with Crippen LogP contribution in [0.5, 0.6) is 0 Å². The van der Waals surface area contributed by atoms with Crippen LogP contribution in [-0.2, 0) is 0 Å². The Morgan fingerprint density at radius 2 is 0.629 bits per heavy atom. The summed E-state index contributed by atoms with van der Waals surface area (Å²) in [6.07, 6.45) is 0. The van der Waals surface area contributed by atoms with E-state index in [9.17, 15) is 0 Å². The molecule has 0 aliphatic carbocycles. The first kappa shape index (κ1) is 36.8. The van der Waals surface area contributed by atoms with E-state index >= 15 is 0 Å². The fourth-order valence-corrected chi connectivity index (χ4v) is 8.99. The maximum absolute atomic E-state index is 2.43. The monoisotopic (exact) mass is 790 g/mol. The molecule has 0 unspecified atom stereocenters. The summed E-state index contributed by atoms with van der Waals surface area (Å²) in [7, 11) is 0. The number of rotatable bonds is 9. The summed E-state index contributed by atoms with van der Waals surface area (Å²) in [5.74, 6) is 0. The predicted molar refractivity (Wildman–Crippen MR) is 263 cm³/mol. The molecule has 2 heteroatoms. The van der Waals surface area contributed by atoms with Crippen LogP contribution in [0.4, 0.5) is 17.1 Å². The number of hydrogen-bond donors (Lipinski definition) is 0. The second-order valence-corrected chi connectivity index (χ2v) is 15.7. The Morgan fingerprint density at radius 1 is 0.258 bits per heavy atom. The molecule has 11 aromatic rings. The maximum atomic E-state index is 2.43. The van der Waals surface area contributed by atoms with Gasteiger partial charge in [0.15, 0.2) is 0 Å². The molecule has 1 aromatic heterocycles. The molecule has 0 aliphatic rings. The number of fused-ring (bicyclic) bond motifs is 3. The molecule has 10 aromatic carbocycles. The van der Waals surface area contributed by atoms with Crippen LogP contribution in [0.15, 0.2) is 255 Å². The number of benzene rings is 10. The van der Waals surface area contributed by atoms with Gasteiger partial charge in [-0.25, -0.2) is 0 Å². The summed E-state index contributed by atoms with van der Waals surface area (Å²) in [6, 6.07) is 92.0. The van der Waals surface area contributed by atoms with Gasteiger partial charge in [-0.1, -0.05) is 200 Å². The molecule has 1 heterocycles. The lowest BCUT2D eigenvalue weighted by Gasteiger charge is -2.28. The Kier molecular flexibility index (Phi) is 9.57. The maximum Gasteiger partial charge on any atom is 0.0541 e. The third kappa shape index (κ3) is 6.84. The van der Waals surface area contributed by atoms with Crippen LogP contribution >= 0.6 is 0 Å². The Morgan fingerprint density at radius 3 is 1.18 bits per heavy atom. The first-order valence-corrected chi connectivity index (χ1v) is 21.3. The van der Waals surface area contributed by atoms with Crippen molar-refractivity contribution in [3.63, 3.8) is 0 Å². The smallest absolute Gasteiger partial charge is 0.0541 e. The molecule has 0 fully saturated rings. The number of hydrogen-bond acceptors (Lipinski definition) is 1. The van der Waals surface area contributed by atoms with Crippen molar-refractivity contribution >= 4 is 38.9 Å². The van der Waals surface area contributed by atoms with Gasteiger partial charge < -0.3 is 9.47 Å². The second-order valence-electron chi connectivity index (χ2n) is 15.7. The minimum Gasteiger partial charge on any atom is -0.310 e. The van der Waals surface area contributed by atoms with E-state index in [0.717, 1.165) is 28.3 Å². The molecule has 0 saturated carbocycles. The molecule has 292 valence electrons. The van der Waals surface area contributed by atoms with Crippen LogP contribution in [-0.4, -0.2) is 4.57 Å². The van der Waals surface area contributed by atoms with Crippen molar-refractivity contribution in [2.45, 2.75) is 0 Å². The fraction of sp³-hybridized carbons (Fsp3) is 0. The minimum absolute atomic E-state index is 1.08. The molecule has 2 nitrogen and oxygen atoms in total. The molecule has 0 radical (unpaired) electrons. The van der Waals surface area contributed by atoms with Crippen molar-refractivity contribution in [1.29, 1.82) is 0 Å². The van der Waals surface area contributed by atoms with Crippen LogP contribution in [0.1, 0.15) is 0 Å².